The molecule has 1 heterocycles. The highest BCUT2D eigenvalue weighted by atomic mass is 79.9. The average Bonchev–Trinajstić information content (AvgIpc) is 2.95. The summed E-state index contributed by atoms with van der Waals surface area (Å²) < 4.78 is 12.2. The van der Waals surface area contributed by atoms with Crippen LogP contribution in [0.2, 0.25) is 0 Å². The van der Waals surface area contributed by atoms with Crippen molar-refractivity contribution in [1.29, 1.82) is 0 Å². The molecule has 0 radical (unpaired) electrons. The van der Waals surface area contributed by atoms with E-state index in [1.165, 1.54) is 5.56 Å². The zero-order valence-corrected chi connectivity index (χ0v) is 17.3. The first kappa shape index (κ1) is 20.2. The third-order valence-corrected chi connectivity index (χ3v) is 4.85. The summed E-state index contributed by atoms with van der Waals surface area (Å²) in [5.41, 5.74) is 0.741. The van der Waals surface area contributed by atoms with E-state index in [1.807, 2.05) is 20.8 Å². The lowest BCUT2D eigenvalue weighted by molar-refractivity contribution is 0.0252. The Morgan fingerprint density at radius 1 is 1.32 bits per heavy atom. The minimum atomic E-state index is -0.492. The molecule has 1 aromatic rings. The van der Waals surface area contributed by atoms with Gasteiger partial charge in [0.15, 0.2) is 0 Å². The number of amides is 1. The van der Waals surface area contributed by atoms with Crippen molar-refractivity contribution in [3.05, 3.63) is 34.3 Å². The maximum atomic E-state index is 12.3. The Hall–Kier alpha value is -1.11. The Labute approximate surface area is 159 Å². The second-order valence-electron chi connectivity index (χ2n) is 7.45. The normalized spacial score (nSPS) is 22.1. The van der Waals surface area contributed by atoms with Crippen molar-refractivity contribution in [1.82, 2.24) is 10.2 Å². The molecule has 2 unspecified atom stereocenters. The number of carbonyl (C=O) groups excluding carboxylic acids is 1. The highest BCUT2D eigenvalue weighted by Crippen LogP contribution is 2.24. The van der Waals surface area contributed by atoms with Crippen molar-refractivity contribution >= 4 is 22.0 Å². The number of benzene rings is 1. The largest absolute Gasteiger partial charge is 0.444 e. The Bertz CT molecular complexity index is 571. The minimum absolute atomic E-state index is 0.0444. The summed E-state index contributed by atoms with van der Waals surface area (Å²) in [5, 5.41) is 3.66. The molecule has 5 nitrogen and oxygen atoms in total. The van der Waals surface area contributed by atoms with Gasteiger partial charge in [-0.2, -0.15) is 0 Å². The Morgan fingerprint density at radius 2 is 1.96 bits per heavy atom. The second-order valence-corrected chi connectivity index (χ2v) is 8.36. The summed E-state index contributed by atoms with van der Waals surface area (Å²) in [7, 11) is 1.69. The predicted octanol–water partition coefficient (Wildman–Crippen LogP) is 4.12. The van der Waals surface area contributed by atoms with Gasteiger partial charge in [0.25, 0.3) is 0 Å². The van der Waals surface area contributed by atoms with Gasteiger partial charge in [0.1, 0.15) is 5.60 Å². The molecule has 2 rings (SSSR count). The van der Waals surface area contributed by atoms with E-state index >= 15 is 0 Å². The molecule has 1 aliphatic rings. The maximum Gasteiger partial charge on any atom is 0.410 e. The monoisotopic (exact) mass is 412 g/mol. The van der Waals surface area contributed by atoms with Gasteiger partial charge in [-0.1, -0.05) is 35.0 Å². The average molecular weight is 413 g/mol. The van der Waals surface area contributed by atoms with Crippen LogP contribution in [0, 0.1) is 0 Å². The van der Waals surface area contributed by atoms with Crippen LogP contribution in [0.25, 0.3) is 0 Å². The molecule has 1 aromatic carbocycles. The molecule has 25 heavy (non-hydrogen) atoms. The van der Waals surface area contributed by atoms with E-state index in [2.05, 4.69) is 52.4 Å². The molecule has 3 atom stereocenters. The van der Waals surface area contributed by atoms with E-state index in [-0.39, 0.29) is 24.3 Å². The lowest BCUT2D eigenvalue weighted by Crippen LogP contribution is -2.42. The summed E-state index contributed by atoms with van der Waals surface area (Å²) in [5.74, 6) is 0. The fourth-order valence-electron chi connectivity index (χ4n) is 3.05. The fourth-order valence-corrected chi connectivity index (χ4v) is 3.32. The molecule has 0 bridgehead atoms. The van der Waals surface area contributed by atoms with Crippen LogP contribution in [0.3, 0.4) is 0 Å². The minimum Gasteiger partial charge on any atom is -0.444 e. The van der Waals surface area contributed by atoms with Gasteiger partial charge in [0, 0.05) is 24.2 Å². The van der Waals surface area contributed by atoms with Crippen molar-refractivity contribution in [3.63, 3.8) is 0 Å². The summed E-state index contributed by atoms with van der Waals surface area (Å²) >= 11 is 3.47. The first-order chi connectivity index (χ1) is 11.7. The van der Waals surface area contributed by atoms with Gasteiger partial charge in [0.05, 0.1) is 18.7 Å². The molecule has 6 heteroatoms. The predicted molar refractivity (Wildman–Crippen MR) is 103 cm³/mol. The number of nitrogens with zero attached hydrogens (tertiary/aromatic N) is 1. The van der Waals surface area contributed by atoms with Crippen LogP contribution in [-0.4, -0.2) is 48.9 Å². The quantitative estimate of drug-likeness (QED) is 0.789. The first-order valence-corrected chi connectivity index (χ1v) is 9.55. The van der Waals surface area contributed by atoms with Crippen LogP contribution in [0.15, 0.2) is 28.7 Å². The molecular formula is C19H29BrN2O3. The van der Waals surface area contributed by atoms with Crippen molar-refractivity contribution < 1.29 is 14.3 Å². The van der Waals surface area contributed by atoms with Crippen molar-refractivity contribution in [2.45, 2.75) is 57.9 Å². The lowest BCUT2D eigenvalue weighted by atomic mass is 10.0. The van der Waals surface area contributed by atoms with Crippen LogP contribution in [-0.2, 0) is 9.47 Å². The number of ether oxygens (including phenoxy) is 2. The van der Waals surface area contributed by atoms with E-state index in [9.17, 15) is 4.79 Å². The first-order valence-electron chi connectivity index (χ1n) is 8.75. The zero-order valence-electron chi connectivity index (χ0n) is 15.7. The molecule has 0 aromatic heterocycles. The van der Waals surface area contributed by atoms with E-state index in [0.717, 1.165) is 10.9 Å². The van der Waals surface area contributed by atoms with Gasteiger partial charge in [-0.05, 0) is 44.9 Å². The van der Waals surface area contributed by atoms with Crippen LogP contribution in [0.4, 0.5) is 4.79 Å². The van der Waals surface area contributed by atoms with Gasteiger partial charge < -0.3 is 19.7 Å². The number of hydrogen-bond donors (Lipinski definition) is 1. The lowest BCUT2D eigenvalue weighted by Gasteiger charge is -2.26. The van der Waals surface area contributed by atoms with Crippen molar-refractivity contribution in [2.24, 2.45) is 0 Å². The Balaban J connectivity index is 2.04. The third kappa shape index (κ3) is 5.69. The fraction of sp³-hybridized carbons (Fsp3) is 0.632. The number of methoxy groups -OCH3 is 1. The highest BCUT2D eigenvalue weighted by molar-refractivity contribution is 9.10. The van der Waals surface area contributed by atoms with Gasteiger partial charge >= 0.3 is 6.09 Å². The molecular weight excluding hydrogens is 384 g/mol. The Morgan fingerprint density at radius 3 is 2.48 bits per heavy atom. The summed E-state index contributed by atoms with van der Waals surface area (Å²) in [6.45, 7) is 8.92. The van der Waals surface area contributed by atoms with E-state index in [4.69, 9.17) is 9.47 Å². The van der Waals surface area contributed by atoms with Crippen molar-refractivity contribution in [2.75, 3.05) is 20.2 Å². The number of halogens is 1. The van der Waals surface area contributed by atoms with Crippen LogP contribution < -0.4 is 5.32 Å². The summed E-state index contributed by atoms with van der Waals surface area (Å²) in [4.78, 5) is 14.1. The van der Waals surface area contributed by atoms with Crippen LogP contribution in [0.5, 0.6) is 0 Å². The Kier molecular flexibility index (Phi) is 6.88. The number of nitrogens with one attached hydrogen (secondary N) is 1. The van der Waals surface area contributed by atoms with Gasteiger partial charge in [-0.15, -0.1) is 0 Å². The molecule has 1 amide bonds. The van der Waals surface area contributed by atoms with Crippen molar-refractivity contribution in [3.8, 4) is 0 Å². The number of carbonyl (C=O) groups is 1. The van der Waals surface area contributed by atoms with Gasteiger partial charge in [0.2, 0.25) is 0 Å². The molecule has 1 N–H and O–H groups in total. The topological polar surface area (TPSA) is 50.8 Å². The van der Waals surface area contributed by atoms with E-state index < -0.39 is 5.60 Å². The summed E-state index contributed by atoms with van der Waals surface area (Å²) in [6.07, 6.45) is 0.633. The third-order valence-electron chi connectivity index (χ3n) is 4.32. The molecule has 1 saturated heterocycles. The SMILES string of the molecule is CCC(NC1CN(C(=O)OC(C)(C)C)C[C@@H]1OC)c1ccc(Br)cc1. The number of rotatable bonds is 5. The zero-order chi connectivity index (χ0) is 18.6. The maximum absolute atomic E-state index is 12.3. The molecule has 0 spiro atoms. The second kappa shape index (κ2) is 8.52. The van der Waals surface area contributed by atoms with Gasteiger partial charge in [-0.3, -0.25) is 0 Å². The van der Waals surface area contributed by atoms with Crippen LogP contribution in [0.1, 0.15) is 45.7 Å². The molecule has 0 aliphatic carbocycles. The molecule has 0 saturated carbocycles. The van der Waals surface area contributed by atoms with E-state index in [0.29, 0.717) is 13.1 Å². The molecule has 1 aliphatic heterocycles. The van der Waals surface area contributed by atoms with Crippen LogP contribution >= 0.6 is 15.9 Å². The smallest absolute Gasteiger partial charge is 0.410 e. The van der Waals surface area contributed by atoms with E-state index in [1.54, 1.807) is 12.0 Å². The van der Waals surface area contributed by atoms with Gasteiger partial charge in [-0.25, -0.2) is 4.79 Å². The summed E-state index contributed by atoms with van der Waals surface area (Å²) in [6, 6.07) is 8.63. The molecule has 140 valence electrons. The highest BCUT2D eigenvalue weighted by Gasteiger charge is 2.38. The molecule has 1 fully saturated rings. The standard InChI is InChI=1S/C19H29BrN2O3/c1-6-15(13-7-9-14(20)10-8-13)21-16-11-22(12-17(16)24-5)18(23)25-19(2,3)4/h7-10,15-17,21H,6,11-12H2,1-5H3/t15?,16?,17-/m0/s1. The number of hydrogen-bond acceptors (Lipinski definition) is 4. The number of likely N-dealkylation sites (tertiary alicyclic amines) is 1.